The number of aromatic nitrogens is 4. The van der Waals surface area contributed by atoms with Crippen LogP contribution in [0, 0.1) is 0 Å². The van der Waals surface area contributed by atoms with Crippen LogP contribution < -0.4 is 5.32 Å². The van der Waals surface area contributed by atoms with Gasteiger partial charge in [-0.05, 0) is 38.0 Å². The first-order valence-corrected chi connectivity index (χ1v) is 8.65. The van der Waals surface area contributed by atoms with E-state index in [1.807, 2.05) is 31.3 Å². The maximum atomic E-state index is 12.2. The lowest BCUT2D eigenvalue weighted by Gasteiger charge is -2.08. The number of carbonyl (C=O) groups is 1. The van der Waals surface area contributed by atoms with Crippen molar-refractivity contribution in [2.45, 2.75) is 31.9 Å². The Kier molecular flexibility index (Phi) is 5.68. The van der Waals surface area contributed by atoms with Gasteiger partial charge in [-0.2, -0.15) is 10.2 Å². The van der Waals surface area contributed by atoms with Crippen LogP contribution in [0.4, 0.5) is 10.2 Å². The normalized spacial score (nSPS) is 14.3. The minimum atomic E-state index is -0.417. The monoisotopic (exact) mass is 375 g/mol. The van der Waals surface area contributed by atoms with Gasteiger partial charge in [0.25, 0.3) is 0 Å². The molecule has 136 valence electrons. The van der Waals surface area contributed by atoms with Gasteiger partial charge in [0.05, 0.1) is 24.0 Å². The minimum Gasteiger partial charge on any atom is -0.311 e. The van der Waals surface area contributed by atoms with Gasteiger partial charge in [0, 0.05) is 22.8 Å². The highest BCUT2D eigenvalue weighted by molar-refractivity contribution is 6.30. The van der Waals surface area contributed by atoms with Gasteiger partial charge in [-0.3, -0.25) is 9.89 Å². The van der Waals surface area contributed by atoms with Crippen LogP contribution >= 0.6 is 11.6 Å². The maximum Gasteiger partial charge on any atom is 0.232 e. The lowest BCUT2D eigenvalue weighted by molar-refractivity contribution is -0.117. The first kappa shape index (κ1) is 18.1. The molecule has 2 heterocycles. The van der Waals surface area contributed by atoms with Crippen molar-refractivity contribution in [3.05, 3.63) is 59.5 Å². The summed E-state index contributed by atoms with van der Waals surface area (Å²) >= 11 is 5.98. The van der Waals surface area contributed by atoms with Crippen LogP contribution in [0.2, 0.25) is 5.02 Å². The number of hydrogen-bond donors (Lipinski definition) is 2. The van der Waals surface area contributed by atoms with Crippen molar-refractivity contribution in [1.82, 2.24) is 20.0 Å². The van der Waals surface area contributed by atoms with Crippen molar-refractivity contribution in [2.75, 3.05) is 5.32 Å². The number of benzene rings is 1. The molecule has 26 heavy (non-hydrogen) atoms. The Hall–Kier alpha value is -2.67. The number of nitrogens with one attached hydrogen (secondary N) is 2. The largest absolute Gasteiger partial charge is 0.311 e. The molecule has 1 aromatic carbocycles. The number of alkyl halides is 1. The number of anilines is 1. The molecule has 1 fully saturated rings. The summed E-state index contributed by atoms with van der Waals surface area (Å²) in [5, 5.41) is 14.2. The maximum absolute atomic E-state index is 12.2. The number of aromatic amines is 1. The summed E-state index contributed by atoms with van der Waals surface area (Å²) in [5.41, 5.74) is 1.66. The molecule has 1 aliphatic carbocycles. The van der Waals surface area contributed by atoms with Gasteiger partial charge in [0.1, 0.15) is 12.0 Å². The van der Waals surface area contributed by atoms with E-state index >= 15 is 0 Å². The molecule has 1 unspecified atom stereocenters. The highest BCUT2D eigenvalue weighted by atomic mass is 35.5. The molecule has 1 amide bonds. The second-order valence-electron chi connectivity index (χ2n) is 6.05. The van der Waals surface area contributed by atoms with E-state index < -0.39 is 6.17 Å². The van der Waals surface area contributed by atoms with Crippen LogP contribution in [-0.4, -0.2) is 32.1 Å². The summed E-state index contributed by atoms with van der Waals surface area (Å²) in [4.78, 5) is 12.2. The molecule has 1 saturated carbocycles. The lowest BCUT2D eigenvalue weighted by Crippen LogP contribution is -2.18. The van der Waals surface area contributed by atoms with Crippen molar-refractivity contribution in [1.29, 1.82) is 0 Å². The molecule has 4 rings (SSSR count). The second-order valence-corrected chi connectivity index (χ2v) is 6.49. The fourth-order valence-electron chi connectivity index (χ4n) is 2.10. The molecule has 1 atom stereocenters. The average molecular weight is 376 g/mol. The molecule has 2 N–H and O–H groups in total. The summed E-state index contributed by atoms with van der Waals surface area (Å²) < 4.78 is 12.8. The molecule has 3 aromatic rings. The molecule has 8 heteroatoms. The summed E-state index contributed by atoms with van der Waals surface area (Å²) in [6.45, 7) is 1.82. The van der Waals surface area contributed by atoms with Crippen LogP contribution in [-0.2, 0) is 4.79 Å². The molecular weight excluding hydrogens is 357 g/mol. The van der Waals surface area contributed by atoms with Crippen LogP contribution in [0.25, 0.3) is 5.69 Å². The lowest BCUT2D eigenvalue weighted by atomic mass is 10.0. The summed E-state index contributed by atoms with van der Waals surface area (Å²) in [6.07, 6.45) is 6.30. The zero-order valence-corrected chi connectivity index (χ0v) is 14.9. The number of amides is 1. The molecule has 0 bridgehead atoms. The number of nitrogens with zero attached hydrogens (tertiary/aromatic N) is 3. The van der Waals surface area contributed by atoms with Gasteiger partial charge < -0.3 is 5.32 Å². The fourth-order valence-corrected chi connectivity index (χ4v) is 2.29. The van der Waals surface area contributed by atoms with Crippen molar-refractivity contribution >= 4 is 23.3 Å². The van der Waals surface area contributed by atoms with E-state index in [1.165, 1.54) is 0 Å². The van der Waals surface area contributed by atoms with E-state index in [0.717, 1.165) is 24.1 Å². The molecule has 0 spiro atoms. The van der Waals surface area contributed by atoms with Gasteiger partial charge in [-0.15, -0.1) is 0 Å². The SMILES string of the molecule is CC(C(=O)Nc1ccn[nH]1)c1cnn(-c2cccc(Cl)c2)c1.FC1CC1. The van der Waals surface area contributed by atoms with E-state index in [-0.39, 0.29) is 11.8 Å². The Morgan fingerprint density at radius 2 is 2.19 bits per heavy atom. The zero-order chi connectivity index (χ0) is 18.5. The molecule has 1 aliphatic rings. The Morgan fingerprint density at radius 1 is 1.42 bits per heavy atom. The number of carbonyl (C=O) groups excluding carboxylic acids is 1. The molecule has 0 saturated heterocycles. The fraction of sp³-hybridized carbons (Fsp3) is 0.278. The number of rotatable bonds is 4. The van der Waals surface area contributed by atoms with Gasteiger partial charge in [0.15, 0.2) is 0 Å². The van der Waals surface area contributed by atoms with Crippen LogP contribution in [0.15, 0.2) is 48.9 Å². The van der Waals surface area contributed by atoms with Crippen LogP contribution in [0.3, 0.4) is 0 Å². The Bertz CT molecular complexity index is 860. The molecular formula is C18H19ClFN5O. The van der Waals surface area contributed by atoms with E-state index in [1.54, 1.807) is 29.2 Å². The minimum absolute atomic E-state index is 0.130. The second kappa shape index (κ2) is 8.14. The number of H-pyrrole nitrogens is 1. The first-order chi connectivity index (χ1) is 12.5. The third kappa shape index (κ3) is 4.92. The molecule has 2 aromatic heterocycles. The Labute approximate surface area is 155 Å². The van der Waals surface area contributed by atoms with Crippen molar-refractivity contribution < 1.29 is 9.18 Å². The van der Waals surface area contributed by atoms with Crippen LogP contribution in [0.5, 0.6) is 0 Å². The predicted octanol–water partition coefficient (Wildman–Crippen LogP) is 4.11. The molecule has 6 nitrogen and oxygen atoms in total. The van der Waals surface area contributed by atoms with E-state index in [4.69, 9.17) is 11.6 Å². The number of hydrogen-bond acceptors (Lipinski definition) is 3. The number of halogens is 2. The van der Waals surface area contributed by atoms with E-state index in [9.17, 15) is 9.18 Å². The topological polar surface area (TPSA) is 75.6 Å². The van der Waals surface area contributed by atoms with E-state index in [0.29, 0.717) is 10.8 Å². The van der Waals surface area contributed by atoms with Crippen LogP contribution in [0.1, 0.15) is 31.2 Å². The first-order valence-electron chi connectivity index (χ1n) is 8.28. The highest BCUT2D eigenvalue weighted by Gasteiger charge is 2.19. The molecule has 0 radical (unpaired) electrons. The van der Waals surface area contributed by atoms with Gasteiger partial charge in [0.2, 0.25) is 5.91 Å². The predicted molar refractivity (Wildman–Crippen MR) is 98.3 cm³/mol. The van der Waals surface area contributed by atoms with Crippen molar-refractivity contribution in [3.8, 4) is 5.69 Å². The smallest absolute Gasteiger partial charge is 0.232 e. The van der Waals surface area contributed by atoms with E-state index in [2.05, 4.69) is 20.6 Å². The molecule has 0 aliphatic heterocycles. The highest BCUT2D eigenvalue weighted by Crippen LogP contribution is 2.22. The van der Waals surface area contributed by atoms with Gasteiger partial charge in [-0.1, -0.05) is 17.7 Å². The summed E-state index contributed by atoms with van der Waals surface area (Å²) in [7, 11) is 0. The van der Waals surface area contributed by atoms with Crippen molar-refractivity contribution in [2.24, 2.45) is 0 Å². The third-order valence-corrected chi connectivity index (χ3v) is 4.07. The average Bonchev–Trinajstić information content (AvgIpc) is 3.08. The standard InChI is InChI=1S/C15H14ClN5O.C3H5F/c1-10(15(22)19-14-5-6-17-20-14)11-8-18-21(9-11)13-4-2-3-12(16)7-13;4-3-1-2-3/h2-10H,1H3,(H2,17,19,20,22);3H,1-2H2. The summed E-state index contributed by atoms with van der Waals surface area (Å²) in [5.74, 6) is 0.102. The quantitative estimate of drug-likeness (QED) is 0.720. The van der Waals surface area contributed by atoms with Gasteiger partial charge in [-0.25, -0.2) is 9.07 Å². The van der Waals surface area contributed by atoms with Gasteiger partial charge >= 0.3 is 0 Å². The zero-order valence-electron chi connectivity index (χ0n) is 14.2. The Morgan fingerprint density at radius 3 is 2.81 bits per heavy atom. The van der Waals surface area contributed by atoms with Crippen molar-refractivity contribution in [3.63, 3.8) is 0 Å². The Balaban J connectivity index is 0.000000433. The third-order valence-electron chi connectivity index (χ3n) is 3.83. The summed E-state index contributed by atoms with van der Waals surface area (Å²) in [6, 6.07) is 9.06.